The van der Waals surface area contributed by atoms with Gasteiger partial charge in [0.1, 0.15) is 11.4 Å². The number of carbonyl (C=O) groups is 1. The smallest absolute Gasteiger partial charge is 0.421 e. The van der Waals surface area contributed by atoms with Gasteiger partial charge in [0.05, 0.1) is 12.7 Å². The Morgan fingerprint density at radius 1 is 1.38 bits per heavy atom. The van der Waals surface area contributed by atoms with Gasteiger partial charge >= 0.3 is 12.1 Å². The number of rotatable bonds is 7. The number of aromatic nitrogens is 2. The molecule has 1 aromatic heterocycles. The molecule has 0 saturated heterocycles. The van der Waals surface area contributed by atoms with Crippen molar-refractivity contribution in [3.05, 3.63) is 40.0 Å². The lowest BCUT2D eigenvalue weighted by Crippen LogP contribution is -2.15. The Labute approximate surface area is 174 Å². The number of esters is 1. The number of halogens is 4. The number of alkyl halides is 3. The molecule has 2 aromatic rings. The number of ether oxygens (including phenoxy) is 1. The van der Waals surface area contributed by atoms with Crippen LogP contribution in [-0.2, 0) is 10.9 Å². The molecule has 0 aliphatic heterocycles. The zero-order valence-corrected chi connectivity index (χ0v) is 17.4. The summed E-state index contributed by atoms with van der Waals surface area (Å²) >= 11 is 3.25. The van der Waals surface area contributed by atoms with Gasteiger partial charge in [0.25, 0.3) is 0 Å². The van der Waals surface area contributed by atoms with Crippen molar-refractivity contribution in [3.63, 3.8) is 0 Å². The molecule has 0 radical (unpaired) electrons. The van der Waals surface area contributed by atoms with Gasteiger partial charge in [-0.15, -0.1) is 0 Å². The second-order valence-electron chi connectivity index (χ2n) is 6.95. The molecule has 6 nitrogen and oxygen atoms in total. The summed E-state index contributed by atoms with van der Waals surface area (Å²) in [6, 6.07) is 4.76. The zero-order chi connectivity index (χ0) is 21.2. The second-order valence-corrected chi connectivity index (χ2v) is 7.81. The molecule has 1 aliphatic rings. The molecular formula is C19H20BrF3N4O2. The van der Waals surface area contributed by atoms with Gasteiger partial charge in [-0.3, -0.25) is 0 Å². The first-order valence-corrected chi connectivity index (χ1v) is 9.81. The van der Waals surface area contributed by atoms with Crippen LogP contribution in [0, 0.1) is 11.8 Å². The van der Waals surface area contributed by atoms with Crippen LogP contribution in [0.15, 0.2) is 28.9 Å². The molecule has 1 saturated carbocycles. The number of anilines is 3. The first-order valence-electron chi connectivity index (χ1n) is 9.02. The number of carbonyl (C=O) groups excluding carboxylic acids is 1. The highest BCUT2D eigenvalue weighted by Crippen LogP contribution is 2.40. The molecule has 2 atom stereocenters. The average Bonchev–Trinajstić information content (AvgIpc) is 3.37. The summed E-state index contributed by atoms with van der Waals surface area (Å²) in [5, 5.41) is 5.62. The molecular weight excluding hydrogens is 453 g/mol. The van der Waals surface area contributed by atoms with E-state index in [-0.39, 0.29) is 17.3 Å². The fraction of sp³-hybridized carbons (Fsp3) is 0.421. The number of nitrogens with zero attached hydrogens (tertiary/aromatic N) is 2. The summed E-state index contributed by atoms with van der Waals surface area (Å²) in [6.45, 7) is 2.53. The van der Waals surface area contributed by atoms with Crippen molar-refractivity contribution in [2.75, 3.05) is 24.3 Å². The largest absolute Gasteiger partial charge is 0.465 e. The van der Waals surface area contributed by atoms with Gasteiger partial charge in [0.2, 0.25) is 5.95 Å². The molecule has 156 valence electrons. The molecule has 1 aromatic carbocycles. The summed E-state index contributed by atoms with van der Waals surface area (Å²) in [5.41, 5.74) is -0.217. The van der Waals surface area contributed by atoms with Crippen molar-refractivity contribution in [3.8, 4) is 0 Å². The van der Waals surface area contributed by atoms with Gasteiger partial charge < -0.3 is 15.4 Å². The minimum Gasteiger partial charge on any atom is -0.465 e. The molecule has 1 fully saturated rings. The van der Waals surface area contributed by atoms with Crippen molar-refractivity contribution in [1.29, 1.82) is 0 Å². The molecule has 1 aliphatic carbocycles. The molecule has 0 amide bonds. The van der Waals surface area contributed by atoms with Crippen molar-refractivity contribution < 1.29 is 22.7 Å². The van der Waals surface area contributed by atoms with Gasteiger partial charge in [0.15, 0.2) is 0 Å². The van der Waals surface area contributed by atoms with Crippen LogP contribution in [0.25, 0.3) is 0 Å². The summed E-state index contributed by atoms with van der Waals surface area (Å²) in [6.07, 6.45) is -1.92. The predicted molar refractivity (Wildman–Crippen MR) is 106 cm³/mol. The highest BCUT2D eigenvalue weighted by Gasteiger charge is 2.36. The molecule has 0 bridgehead atoms. The van der Waals surface area contributed by atoms with E-state index in [0.717, 1.165) is 19.0 Å². The van der Waals surface area contributed by atoms with Gasteiger partial charge in [-0.1, -0.05) is 6.92 Å². The maximum atomic E-state index is 13.3. The number of benzene rings is 1. The van der Waals surface area contributed by atoms with Crippen LogP contribution in [0.2, 0.25) is 0 Å². The summed E-state index contributed by atoms with van der Waals surface area (Å²) in [4.78, 5) is 19.6. The van der Waals surface area contributed by atoms with E-state index in [2.05, 4.69) is 43.5 Å². The summed E-state index contributed by atoms with van der Waals surface area (Å²) in [7, 11) is 1.26. The van der Waals surface area contributed by atoms with Crippen LogP contribution >= 0.6 is 15.9 Å². The van der Waals surface area contributed by atoms with Crippen molar-refractivity contribution >= 4 is 39.4 Å². The Hall–Kier alpha value is -2.36. The number of hydrogen-bond donors (Lipinski definition) is 2. The maximum absolute atomic E-state index is 13.3. The number of methoxy groups -OCH3 is 1. The number of hydrogen-bond acceptors (Lipinski definition) is 6. The van der Waals surface area contributed by atoms with E-state index in [9.17, 15) is 18.0 Å². The van der Waals surface area contributed by atoms with Gasteiger partial charge in [0, 0.05) is 22.9 Å². The highest BCUT2D eigenvalue weighted by atomic mass is 79.9. The van der Waals surface area contributed by atoms with Gasteiger partial charge in [-0.05, 0) is 58.8 Å². The molecule has 2 N–H and O–H groups in total. The Balaban J connectivity index is 1.80. The maximum Gasteiger partial charge on any atom is 0.421 e. The van der Waals surface area contributed by atoms with Crippen LogP contribution in [0.4, 0.5) is 30.6 Å². The van der Waals surface area contributed by atoms with E-state index in [1.54, 1.807) is 12.1 Å². The van der Waals surface area contributed by atoms with Crippen LogP contribution in [0.5, 0.6) is 0 Å². The summed E-state index contributed by atoms with van der Waals surface area (Å²) < 4.78 is 45.1. The lowest BCUT2D eigenvalue weighted by atomic mass is 10.2. The topological polar surface area (TPSA) is 76.1 Å². The molecule has 3 rings (SSSR count). The average molecular weight is 473 g/mol. The van der Waals surface area contributed by atoms with E-state index in [4.69, 9.17) is 4.74 Å². The minimum absolute atomic E-state index is 0.0153. The Kier molecular flexibility index (Phi) is 6.30. The van der Waals surface area contributed by atoms with Crippen molar-refractivity contribution in [2.24, 2.45) is 11.8 Å². The fourth-order valence-electron chi connectivity index (χ4n) is 2.96. The third-order valence-corrected chi connectivity index (χ3v) is 5.50. The monoisotopic (exact) mass is 472 g/mol. The van der Waals surface area contributed by atoms with Crippen LogP contribution < -0.4 is 10.6 Å². The second kappa shape index (κ2) is 8.56. The number of nitrogens with one attached hydrogen (secondary N) is 2. The molecule has 29 heavy (non-hydrogen) atoms. The fourth-order valence-corrected chi connectivity index (χ4v) is 3.37. The van der Waals surface area contributed by atoms with E-state index >= 15 is 0 Å². The first-order chi connectivity index (χ1) is 13.7. The SMILES string of the molecule is COC(=O)c1cc(Nc2ncc(C(F)(F)F)c(NCCC3CC3C)n2)ccc1Br. The third kappa shape index (κ3) is 5.37. The molecule has 2 unspecified atom stereocenters. The quantitative estimate of drug-likeness (QED) is 0.536. The Morgan fingerprint density at radius 2 is 2.10 bits per heavy atom. The third-order valence-electron chi connectivity index (χ3n) is 4.81. The standard InChI is InChI=1S/C19H20BrF3N4O2/c1-10-7-11(10)5-6-24-16-14(19(21,22)23)9-25-18(27-16)26-12-3-4-15(20)13(8-12)17(28)29-2/h3-4,8-11H,5-7H2,1-2H3,(H2,24,25,26,27). The summed E-state index contributed by atoms with van der Waals surface area (Å²) in [5.74, 6) is 0.344. The van der Waals surface area contributed by atoms with Crippen molar-refractivity contribution in [1.82, 2.24) is 9.97 Å². The van der Waals surface area contributed by atoms with Crippen LogP contribution in [-0.4, -0.2) is 29.6 Å². The lowest BCUT2D eigenvalue weighted by molar-refractivity contribution is -0.137. The highest BCUT2D eigenvalue weighted by molar-refractivity contribution is 9.10. The predicted octanol–water partition coefficient (Wildman–Crippen LogP) is 5.25. The van der Waals surface area contributed by atoms with E-state index < -0.39 is 17.7 Å². The Bertz CT molecular complexity index is 908. The van der Waals surface area contributed by atoms with Crippen LogP contribution in [0.3, 0.4) is 0 Å². The Morgan fingerprint density at radius 3 is 2.72 bits per heavy atom. The molecule has 1 heterocycles. The van der Waals surface area contributed by atoms with Crippen LogP contribution in [0.1, 0.15) is 35.7 Å². The van der Waals surface area contributed by atoms with Crippen molar-refractivity contribution in [2.45, 2.75) is 25.9 Å². The zero-order valence-electron chi connectivity index (χ0n) is 15.8. The molecule has 10 heteroatoms. The lowest BCUT2D eigenvalue weighted by Gasteiger charge is -2.15. The molecule has 0 spiro atoms. The van der Waals surface area contributed by atoms with E-state index in [0.29, 0.717) is 28.5 Å². The van der Waals surface area contributed by atoms with Gasteiger partial charge in [-0.2, -0.15) is 18.2 Å². The van der Waals surface area contributed by atoms with E-state index in [1.807, 2.05) is 0 Å². The minimum atomic E-state index is -4.57. The normalized spacial score (nSPS) is 18.3. The first kappa shape index (κ1) is 21.4. The van der Waals surface area contributed by atoms with Gasteiger partial charge in [-0.25, -0.2) is 9.78 Å². The van der Waals surface area contributed by atoms with E-state index in [1.165, 1.54) is 13.2 Å².